The zero-order valence-corrected chi connectivity index (χ0v) is 9.64. The predicted octanol–water partition coefficient (Wildman–Crippen LogP) is 0.877. The minimum absolute atomic E-state index is 0.0339. The van der Waals surface area contributed by atoms with Crippen molar-refractivity contribution >= 4 is 17.6 Å². The Labute approximate surface area is 105 Å². The Kier molecular flexibility index (Phi) is 3.03. The fraction of sp³-hybridized carbons (Fsp3) is 0. The average molecular weight is 267 g/mol. The molecule has 7 heteroatoms. The topological polar surface area (TPSA) is 92.2 Å². The number of aromatic carboxylic acids is 1. The van der Waals surface area contributed by atoms with Gasteiger partial charge in [0.2, 0.25) is 0 Å². The minimum Gasteiger partial charge on any atom is -0.478 e. The molecule has 0 aliphatic carbocycles. The van der Waals surface area contributed by atoms with E-state index in [1.165, 1.54) is 24.4 Å². The number of H-pyrrole nitrogens is 1. The predicted molar refractivity (Wildman–Crippen MR) is 64.6 cm³/mol. The summed E-state index contributed by atoms with van der Waals surface area (Å²) in [6.45, 7) is 0. The van der Waals surface area contributed by atoms with Gasteiger partial charge in [0.15, 0.2) is 0 Å². The summed E-state index contributed by atoms with van der Waals surface area (Å²) < 4.78 is 0.822. The van der Waals surface area contributed by atoms with Gasteiger partial charge in [-0.1, -0.05) is 11.6 Å². The smallest absolute Gasteiger partial charge is 0.337 e. The molecule has 0 fully saturated rings. The number of hydrogen-bond donors (Lipinski definition) is 2. The third-order valence-corrected chi connectivity index (χ3v) is 2.62. The van der Waals surface area contributed by atoms with E-state index < -0.39 is 17.2 Å². The van der Waals surface area contributed by atoms with Crippen molar-refractivity contribution in [1.29, 1.82) is 0 Å². The third-order valence-electron chi connectivity index (χ3n) is 2.29. The first kappa shape index (κ1) is 12.1. The number of carbonyl (C=O) groups is 1. The molecule has 1 heterocycles. The van der Waals surface area contributed by atoms with Gasteiger partial charge in [0.1, 0.15) is 0 Å². The molecule has 92 valence electrons. The van der Waals surface area contributed by atoms with E-state index in [1.54, 1.807) is 0 Å². The fourth-order valence-electron chi connectivity index (χ4n) is 1.48. The lowest BCUT2D eigenvalue weighted by molar-refractivity contribution is 0.0697. The Morgan fingerprint density at radius 2 is 2.00 bits per heavy atom. The minimum atomic E-state index is -1.23. The molecule has 0 atom stereocenters. The van der Waals surface area contributed by atoms with Crippen LogP contribution in [0.4, 0.5) is 0 Å². The normalized spacial score (nSPS) is 10.3. The van der Waals surface area contributed by atoms with Crippen molar-refractivity contribution in [3.05, 3.63) is 61.9 Å². The Morgan fingerprint density at radius 3 is 2.61 bits per heavy atom. The lowest BCUT2D eigenvalue weighted by Crippen LogP contribution is -2.32. The summed E-state index contributed by atoms with van der Waals surface area (Å²) >= 11 is 5.70. The van der Waals surface area contributed by atoms with Crippen LogP contribution in [-0.2, 0) is 0 Å². The van der Waals surface area contributed by atoms with Crippen molar-refractivity contribution < 1.29 is 9.90 Å². The van der Waals surface area contributed by atoms with Crippen LogP contribution in [0.25, 0.3) is 5.69 Å². The standard InChI is InChI=1S/C11H7ClN2O4/c12-8-2-1-6(5-7(8)10(16)17)14-9(15)3-4-13-11(14)18/h1-5H,(H,13,18)(H,16,17). The highest BCUT2D eigenvalue weighted by Crippen LogP contribution is 2.18. The SMILES string of the molecule is O=C(O)c1cc(-n2c(=O)cc[nH]c2=O)ccc1Cl. The summed E-state index contributed by atoms with van der Waals surface area (Å²) in [6, 6.07) is 5.04. The Bertz CT molecular complexity index is 704. The second-order valence-corrected chi connectivity index (χ2v) is 3.83. The summed E-state index contributed by atoms with van der Waals surface area (Å²) in [6.07, 6.45) is 1.22. The van der Waals surface area contributed by atoms with Crippen LogP contribution in [0.5, 0.6) is 0 Å². The number of rotatable bonds is 2. The second-order valence-electron chi connectivity index (χ2n) is 3.43. The van der Waals surface area contributed by atoms with Gasteiger partial charge in [0.05, 0.1) is 16.3 Å². The van der Waals surface area contributed by atoms with E-state index in [4.69, 9.17) is 16.7 Å². The zero-order chi connectivity index (χ0) is 13.3. The highest BCUT2D eigenvalue weighted by molar-refractivity contribution is 6.33. The zero-order valence-electron chi connectivity index (χ0n) is 8.88. The number of carboxylic acid groups (broad SMARTS) is 1. The molecule has 18 heavy (non-hydrogen) atoms. The van der Waals surface area contributed by atoms with Gasteiger partial charge < -0.3 is 10.1 Å². The number of halogens is 1. The summed E-state index contributed by atoms with van der Waals surface area (Å²) in [5.74, 6) is -1.23. The molecule has 0 amide bonds. The van der Waals surface area contributed by atoms with Crippen LogP contribution in [0.3, 0.4) is 0 Å². The fourth-order valence-corrected chi connectivity index (χ4v) is 1.68. The molecule has 1 aromatic carbocycles. The summed E-state index contributed by atoms with van der Waals surface area (Å²) in [7, 11) is 0. The molecule has 0 radical (unpaired) electrons. The molecule has 0 saturated carbocycles. The molecule has 2 rings (SSSR count). The number of aromatic nitrogens is 2. The first-order chi connectivity index (χ1) is 8.50. The highest BCUT2D eigenvalue weighted by atomic mass is 35.5. The first-order valence-corrected chi connectivity index (χ1v) is 5.22. The summed E-state index contributed by atoms with van der Waals surface area (Å²) in [5.41, 5.74) is -1.24. The second kappa shape index (κ2) is 4.50. The molecule has 0 saturated heterocycles. The van der Waals surface area contributed by atoms with E-state index in [9.17, 15) is 14.4 Å². The molecule has 0 unspecified atom stereocenters. The summed E-state index contributed by atoms with van der Waals surface area (Å²) in [4.78, 5) is 36.3. The van der Waals surface area contributed by atoms with Gasteiger partial charge in [0, 0.05) is 12.3 Å². The number of nitrogens with zero attached hydrogens (tertiary/aromatic N) is 1. The van der Waals surface area contributed by atoms with Crippen molar-refractivity contribution in [2.45, 2.75) is 0 Å². The van der Waals surface area contributed by atoms with E-state index in [-0.39, 0.29) is 16.3 Å². The average Bonchev–Trinajstić information content (AvgIpc) is 2.30. The molecular formula is C11H7ClN2O4. The number of aromatic amines is 1. The molecule has 2 aromatic rings. The lowest BCUT2D eigenvalue weighted by Gasteiger charge is -2.05. The first-order valence-electron chi connectivity index (χ1n) is 4.84. The molecular weight excluding hydrogens is 260 g/mol. The van der Waals surface area contributed by atoms with Crippen LogP contribution in [0.1, 0.15) is 10.4 Å². The number of nitrogens with one attached hydrogen (secondary N) is 1. The van der Waals surface area contributed by atoms with E-state index in [0.29, 0.717) is 0 Å². The van der Waals surface area contributed by atoms with E-state index >= 15 is 0 Å². The van der Waals surface area contributed by atoms with Gasteiger partial charge in [-0.2, -0.15) is 0 Å². The number of hydrogen-bond acceptors (Lipinski definition) is 3. The molecule has 0 spiro atoms. The van der Waals surface area contributed by atoms with Crippen molar-refractivity contribution in [2.24, 2.45) is 0 Å². The maximum Gasteiger partial charge on any atom is 0.337 e. The van der Waals surface area contributed by atoms with Gasteiger partial charge in [0.25, 0.3) is 5.56 Å². The quantitative estimate of drug-likeness (QED) is 0.844. The Balaban J connectivity index is 2.73. The van der Waals surface area contributed by atoms with Gasteiger partial charge in [-0.25, -0.2) is 14.2 Å². The maximum absolute atomic E-state index is 11.6. The van der Waals surface area contributed by atoms with E-state index in [0.717, 1.165) is 10.6 Å². The molecule has 0 aliphatic heterocycles. The van der Waals surface area contributed by atoms with Gasteiger partial charge in [-0.15, -0.1) is 0 Å². The molecule has 6 nitrogen and oxygen atoms in total. The van der Waals surface area contributed by atoms with E-state index in [2.05, 4.69) is 4.98 Å². The van der Waals surface area contributed by atoms with Crippen molar-refractivity contribution in [3.63, 3.8) is 0 Å². The maximum atomic E-state index is 11.6. The number of benzene rings is 1. The monoisotopic (exact) mass is 266 g/mol. The van der Waals surface area contributed by atoms with Gasteiger partial charge in [-0.3, -0.25) is 4.79 Å². The highest BCUT2D eigenvalue weighted by Gasteiger charge is 2.12. The molecule has 1 aromatic heterocycles. The number of carboxylic acids is 1. The van der Waals surface area contributed by atoms with Crippen LogP contribution < -0.4 is 11.2 Å². The van der Waals surface area contributed by atoms with Crippen molar-refractivity contribution in [1.82, 2.24) is 9.55 Å². The molecule has 2 N–H and O–H groups in total. The van der Waals surface area contributed by atoms with Gasteiger partial charge in [-0.05, 0) is 18.2 Å². The van der Waals surface area contributed by atoms with Crippen molar-refractivity contribution in [2.75, 3.05) is 0 Å². The Morgan fingerprint density at radius 1 is 1.28 bits per heavy atom. The van der Waals surface area contributed by atoms with Crippen LogP contribution in [-0.4, -0.2) is 20.6 Å². The largest absolute Gasteiger partial charge is 0.478 e. The van der Waals surface area contributed by atoms with Crippen molar-refractivity contribution in [3.8, 4) is 5.69 Å². The van der Waals surface area contributed by atoms with E-state index in [1.807, 2.05) is 0 Å². The van der Waals surface area contributed by atoms with Crippen LogP contribution in [0.15, 0.2) is 40.1 Å². The molecule has 0 aliphatic rings. The van der Waals surface area contributed by atoms with Crippen LogP contribution >= 0.6 is 11.6 Å². The summed E-state index contributed by atoms with van der Waals surface area (Å²) in [5, 5.41) is 8.95. The molecule has 0 bridgehead atoms. The lowest BCUT2D eigenvalue weighted by atomic mass is 10.2. The third kappa shape index (κ3) is 2.05. The van der Waals surface area contributed by atoms with Gasteiger partial charge >= 0.3 is 11.7 Å². The van der Waals surface area contributed by atoms with Crippen LogP contribution in [0, 0.1) is 0 Å². The Hall–Kier alpha value is -2.34. The van der Waals surface area contributed by atoms with Crippen LogP contribution in [0.2, 0.25) is 5.02 Å².